The quantitative estimate of drug-likeness (QED) is 0.309. The molecule has 0 aliphatic carbocycles. The van der Waals surface area contributed by atoms with Gasteiger partial charge in [0.25, 0.3) is 10.0 Å². The van der Waals surface area contributed by atoms with Crippen LogP contribution in [0.1, 0.15) is 49.4 Å². The van der Waals surface area contributed by atoms with Crippen molar-refractivity contribution in [3.05, 3.63) is 94.0 Å². The van der Waals surface area contributed by atoms with Gasteiger partial charge in [-0.15, -0.1) is 0 Å². The fraction of sp³-hybridized carbons (Fsp3) is 0.355. The monoisotopic (exact) mass is 583 g/mol. The highest BCUT2D eigenvalue weighted by molar-refractivity contribution is 7.92. The summed E-state index contributed by atoms with van der Waals surface area (Å²) in [5.74, 6) is -0.802. The molecule has 2 atom stereocenters. The molecule has 0 saturated carbocycles. The highest BCUT2D eigenvalue weighted by atomic mass is 35.5. The van der Waals surface area contributed by atoms with Crippen LogP contribution >= 0.6 is 11.6 Å². The first-order valence-electron chi connectivity index (χ1n) is 13.3. The molecule has 0 aliphatic rings. The SMILES string of the molecule is CC[C@@H](C)NC(=O)[C@H](C)N(Cc1cccc(C)c1)C(=O)CN(c1ccc(Cl)cc1C)S(=O)(=O)c1ccc(C)cc1. The summed E-state index contributed by atoms with van der Waals surface area (Å²) in [4.78, 5) is 28.7. The lowest BCUT2D eigenvalue weighted by molar-refractivity contribution is -0.139. The van der Waals surface area contributed by atoms with E-state index in [0.29, 0.717) is 16.3 Å². The maximum absolute atomic E-state index is 14.0. The van der Waals surface area contributed by atoms with Gasteiger partial charge in [-0.2, -0.15) is 0 Å². The van der Waals surface area contributed by atoms with Gasteiger partial charge in [-0.25, -0.2) is 8.42 Å². The van der Waals surface area contributed by atoms with Crippen LogP contribution in [0.4, 0.5) is 5.69 Å². The summed E-state index contributed by atoms with van der Waals surface area (Å²) in [6, 6.07) is 18.1. The molecule has 7 nitrogen and oxygen atoms in total. The van der Waals surface area contributed by atoms with Crippen molar-refractivity contribution < 1.29 is 18.0 Å². The lowest BCUT2D eigenvalue weighted by atomic mass is 10.1. The first-order valence-corrected chi connectivity index (χ1v) is 15.2. The van der Waals surface area contributed by atoms with E-state index in [1.165, 1.54) is 17.0 Å². The minimum Gasteiger partial charge on any atom is -0.352 e. The minimum atomic E-state index is -4.14. The zero-order valence-electron chi connectivity index (χ0n) is 23.9. The van der Waals surface area contributed by atoms with Crippen LogP contribution in [-0.2, 0) is 26.2 Å². The zero-order valence-corrected chi connectivity index (χ0v) is 25.5. The Morgan fingerprint density at radius 1 is 0.925 bits per heavy atom. The second-order valence-corrected chi connectivity index (χ2v) is 12.6. The predicted octanol–water partition coefficient (Wildman–Crippen LogP) is 5.79. The van der Waals surface area contributed by atoms with Crippen LogP contribution in [0.5, 0.6) is 0 Å². The molecule has 0 aliphatic heterocycles. The summed E-state index contributed by atoms with van der Waals surface area (Å²) in [5, 5.41) is 3.40. The highest BCUT2D eigenvalue weighted by Gasteiger charge is 2.33. The van der Waals surface area contributed by atoms with Crippen molar-refractivity contribution in [3.63, 3.8) is 0 Å². The highest BCUT2D eigenvalue weighted by Crippen LogP contribution is 2.29. The van der Waals surface area contributed by atoms with Gasteiger partial charge in [-0.05, 0) is 82.5 Å². The van der Waals surface area contributed by atoms with E-state index >= 15 is 0 Å². The van der Waals surface area contributed by atoms with E-state index in [4.69, 9.17) is 11.6 Å². The van der Waals surface area contributed by atoms with E-state index < -0.39 is 28.5 Å². The largest absolute Gasteiger partial charge is 0.352 e. The first-order chi connectivity index (χ1) is 18.8. The lowest BCUT2D eigenvalue weighted by Gasteiger charge is -2.33. The van der Waals surface area contributed by atoms with Crippen LogP contribution in [0.3, 0.4) is 0 Å². The molecule has 3 aromatic carbocycles. The normalized spacial score (nSPS) is 12.9. The maximum Gasteiger partial charge on any atom is 0.264 e. The molecule has 214 valence electrons. The number of carbonyl (C=O) groups is 2. The Balaban J connectivity index is 2.06. The summed E-state index contributed by atoms with van der Waals surface area (Å²) in [6.45, 7) is 10.8. The Bertz CT molecular complexity index is 1460. The predicted molar refractivity (Wildman–Crippen MR) is 161 cm³/mol. The van der Waals surface area contributed by atoms with Gasteiger partial charge in [0.05, 0.1) is 10.6 Å². The number of amides is 2. The van der Waals surface area contributed by atoms with Gasteiger partial charge in [0, 0.05) is 17.6 Å². The van der Waals surface area contributed by atoms with E-state index in [1.54, 1.807) is 44.2 Å². The van der Waals surface area contributed by atoms with E-state index in [2.05, 4.69) is 5.32 Å². The second-order valence-electron chi connectivity index (χ2n) is 10.3. The van der Waals surface area contributed by atoms with Crippen molar-refractivity contribution in [2.45, 2.75) is 71.5 Å². The Morgan fingerprint density at radius 3 is 2.20 bits per heavy atom. The summed E-state index contributed by atoms with van der Waals surface area (Å²) in [5.41, 5.74) is 3.71. The third-order valence-electron chi connectivity index (χ3n) is 6.92. The second kappa shape index (κ2) is 13.3. The van der Waals surface area contributed by atoms with Crippen LogP contribution in [-0.4, -0.2) is 43.8 Å². The van der Waals surface area contributed by atoms with Gasteiger partial charge >= 0.3 is 0 Å². The number of hydrogen-bond donors (Lipinski definition) is 1. The Labute approximate surface area is 243 Å². The van der Waals surface area contributed by atoms with Crippen molar-refractivity contribution in [1.29, 1.82) is 0 Å². The van der Waals surface area contributed by atoms with E-state index in [0.717, 1.165) is 27.4 Å². The number of rotatable bonds is 11. The van der Waals surface area contributed by atoms with Crippen molar-refractivity contribution >= 4 is 39.1 Å². The standard InChI is InChI=1S/C31H38ClN3O4S/c1-7-24(5)33-31(37)25(6)34(19-26-10-8-9-22(3)17-26)30(36)20-35(29-16-13-27(32)18-23(29)4)40(38,39)28-14-11-21(2)12-15-28/h8-18,24-25H,7,19-20H2,1-6H3,(H,33,37)/t24-,25+/m1/s1. The molecule has 0 unspecified atom stereocenters. The third kappa shape index (κ3) is 7.64. The molecular formula is C31H38ClN3O4S. The third-order valence-corrected chi connectivity index (χ3v) is 8.93. The average Bonchev–Trinajstić information content (AvgIpc) is 2.90. The van der Waals surface area contributed by atoms with Crippen molar-refractivity contribution in [3.8, 4) is 0 Å². The Hall–Kier alpha value is -3.36. The van der Waals surface area contributed by atoms with Crippen LogP contribution in [0.25, 0.3) is 0 Å². The number of benzene rings is 3. The Kier molecular flexibility index (Phi) is 10.4. The van der Waals surface area contributed by atoms with Gasteiger partial charge in [0.1, 0.15) is 12.6 Å². The molecule has 0 radical (unpaired) electrons. The molecular weight excluding hydrogens is 546 g/mol. The molecule has 0 fully saturated rings. The number of carbonyl (C=O) groups excluding carboxylic acids is 2. The van der Waals surface area contributed by atoms with Crippen LogP contribution in [0, 0.1) is 20.8 Å². The molecule has 3 rings (SSSR count). The van der Waals surface area contributed by atoms with Crippen molar-refractivity contribution in [2.24, 2.45) is 0 Å². The van der Waals surface area contributed by atoms with Gasteiger partial charge in [-0.3, -0.25) is 13.9 Å². The lowest BCUT2D eigenvalue weighted by Crippen LogP contribution is -2.52. The maximum atomic E-state index is 14.0. The number of nitrogens with one attached hydrogen (secondary N) is 1. The van der Waals surface area contributed by atoms with Gasteiger partial charge < -0.3 is 10.2 Å². The first kappa shape index (κ1) is 31.2. The summed E-state index contributed by atoms with van der Waals surface area (Å²) >= 11 is 6.17. The number of halogens is 1. The number of sulfonamides is 1. The number of aryl methyl sites for hydroxylation is 3. The topological polar surface area (TPSA) is 86.8 Å². The van der Waals surface area contributed by atoms with E-state index in [9.17, 15) is 18.0 Å². The minimum absolute atomic E-state index is 0.0630. The molecule has 2 amide bonds. The fourth-order valence-electron chi connectivity index (χ4n) is 4.30. The average molecular weight is 584 g/mol. The van der Waals surface area contributed by atoms with E-state index in [1.807, 2.05) is 52.0 Å². The smallest absolute Gasteiger partial charge is 0.264 e. The molecule has 1 N–H and O–H groups in total. The number of hydrogen-bond acceptors (Lipinski definition) is 4. The van der Waals surface area contributed by atoms with Crippen LogP contribution in [0.15, 0.2) is 71.6 Å². The van der Waals surface area contributed by atoms with Crippen molar-refractivity contribution in [1.82, 2.24) is 10.2 Å². The number of nitrogens with zero attached hydrogens (tertiary/aromatic N) is 2. The number of anilines is 1. The zero-order chi connectivity index (χ0) is 29.6. The van der Waals surface area contributed by atoms with Gasteiger partial charge in [0.15, 0.2) is 0 Å². The Morgan fingerprint density at radius 2 is 1.60 bits per heavy atom. The molecule has 0 bridgehead atoms. The molecule has 0 saturated heterocycles. The molecule has 9 heteroatoms. The molecule has 40 heavy (non-hydrogen) atoms. The molecule has 0 aromatic heterocycles. The van der Waals surface area contributed by atoms with Crippen molar-refractivity contribution in [2.75, 3.05) is 10.8 Å². The summed E-state index contributed by atoms with van der Waals surface area (Å²) in [6.07, 6.45) is 0.739. The van der Waals surface area contributed by atoms with Crippen LogP contribution < -0.4 is 9.62 Å². The molecule has 0 heterocycles. The molecule has 0 spiro atoms. The summed E-state index contributed by atoms with van der Waals surface area (Å²) < 4.78 is 29.1. The fourth-order valence-corrected chi connectivity index (χ4v) is 6.01. The van der Waals surface area contributed by atoms with E-state index in [-0.39, 0.29) is 23.4 Å². The van der Waals surface area contributed by atoms with Crippen LogP contribution in [0.2, 0.25) is 5.02 Å². The van der Waals surface area contributed by atoms with Gasteiger partial charge in [0.2, 0.25) is 11.8 Å². The molecule has 3 aromatic rings. The summed E-state index contributed by atoms with van der Waals surface area (Å²) in [7, 11) is -4.14. The van der Waals surface area contributed by atoms with Gasteiger partial charge in [-0.1, -0.05) is 66.0 Å².